The van der Waals surface area contributed by atoms with Gasteiger partial charge in [0.05, 0.1) is 6.21 Å². The molecule has 0 unspecified atom stereocenters. The molecule has 0 atom stereocenters. The standard InChI is InChI=1S/C16H16BrN3O3/c1-10(2)15(21)19-12-5-3-11(4-6-12)16(22)20-18-9-13-7-8-14(17)23-13/h3-10H,1-2H3,(H,19,21)(H,20,22). The van der Waals surface area contributed by atoms with Crippen molar-refractivity contribution in [1.29, 1.82) is 0 Å². The van der Waals surface area contributed by atoms with Crippen molar-refractivity contribution in [3.05, 3.63) is 52.4 Å². The Morgan fingerprint density at radius 2 is 1.87 bits per heavy atom. The minimum Gasteiger partial charge on any atom is -0.448 e. The van der Waals surface area contributed by atoms with E-state index < -0.39 is 0 Å². The summed E-state index contributed by atoms with van der Waals surface area (Å²) in [6.45, 7) is 3.62. The van der Waals surface area contributed by atoms with Crippen molar-refractivity contribution >= 4 is 39.6 Å². The summed E-state index contributed by atoms with van der Waals surface area (Å²) in [5.74, 6) is -0.0112. The van der Waals surface area contributed by atoms with Crippen LogP contribution < -0.4 is 10.7 Å². The minimum absolute atomic E-state index is 0.0728. The highest BCUT2D eigenvalue weighted by Gasteiger charge is 2.08. The van der Waals surface area contributed by atoms with Crippen LogP contribution in [0.4, 0.5) is 5.69 Å². The van der Waals surface area contributed by atoms with Crippen molar-refractivity contribution < 1.29 is 14.0 Å². The van der Waals surface area contributed by atoms with Gasteiger partial charge in [-0.05, 0) is 52.3 Å². The Morgan fingerprint density at radius 1 is 1.17 bits per heavy atom. The molecule has 2 amide bonds. The van der Waals surface area contributed by atoms with Crippen LogP contribution in [0.1, 0.15) is 30.0 Å². The molecule has 2 rings (SSSR count). The van der Waals surface area contributed by atoms with E-state index in [1.807, 2.05) is 13.8 Å². The highest BCUT2D eigenvalue weighted by atomic mass is 79.9. The molecule has 0 bridgehead atoms. The normalized spacial score (nSPS) is 11.0. The van der Waals surface area contributed by atoms with Gasteiger partial charge in [0, 0.05) is 17.2 Å². The number of anilines is 1. The van der Waals surface area contributed by atoms with Gasteiger partial charge in [-0.25, -0.2) is 5.43 Å². The molecule has 0 fully saturated rings. The number of rotatable bonds is 5. The number of carbonyl (C=O) groups excluding carboxylic acids is 2. The number of carbonyl (C=O) groups is 2. The average Bonchev–Trinajstić information content (AvgIpc) is 2.93. The fraction of sp³-hybridized carbons (Fsp3) is 0.188. The SMILES string of the molecule is CC(C)C(=O)Nc1ccc(C(=O)NN=Cc2ccc(Br)o2)cc1. The van der Waals surface area contributed by atoms with Gasteiger partial charge in [0.25, 0.3) is 5.91 Å². The lowest BCUT2D eigenvalue weighted by Gasteiger charge is -2.08. The first kappa shape index (κ1) is 17.0. The van der Waals surface area contributed by atoms with Crippen LogP contribution in [-0.2, 0) is 4.79 Å². The number of furan rings is 1. The van der Waals surface area contributed by atoms with Crippen LogP contribution in [0.15, 0.2) is 50.6 Å². The minimum atomic E-state index is -0.353. The number of halogens is 1. The number of hydrogen-bond donors (Lipinski definition) is 2. The summed E-state index contributed by atoms with van der Waals surface area (Å²) in [7, 11) is 0. The lowest BCUT2D eigenvalue weighted by molar-refractivity contribution is -0.118. The first-order valence-corrected chi connectivity index (χ1v) is 7.74. The van der Waals surface area contributed by atoms with Crippen molar-refractivity contribution in [2.24, 2.45) is 11.0 Å². The van der Waals surface area contributed by atoms with Crippen LogP contribution in [0.3, 0.4) is 0 Å². The van der Waals surface area contributed by atoms with Gasteiger partial charge in [0.1, 0.15) is 5.76 Å². The lowest BCUT2D eigenvalue weighted by Crippen LogP contribution is -2.19. The van der Waals surface area contributed by atoms with Crippen LogP contribution in [0.25, 0.3) is 0 Å². The van der Waals surface area contributed by atoms with Gasteiger partial charge in [-0.2, -0.15) is 5.10 Å². The summed E-state index contributed by atoms with van der Waals surface area (Å²) >= 11 is 3.18. The molecular weight excluding hydrogens is 362 g/mol. The Bertz CT molecular complexity index is 720. The summed E-state index contributed by atoms with van der Waals surface area (Å²) in [4.78, 5) is 23.5. The number of nitrogens with zero attached hydrogens (tertiary/aromatic N) is 1. The van der Waals surface area contributed by atoms with E-state index in [4.69, 9.17) is 4.42 Å². The second kappa shape index (κ2) is 7.73. The molecular formula is C16H16BrN3O3. The fourth-order valence-electron chi connectivity index (χ4n) is 1.61. The van der Waals surface area contributed by atoms with Gasteiger partial charge >= 0.3 is 0 Å². The molecule has 0 saturated carbocycles. The van der Waals surface area contributed by atoms with Crippen molar-refractivity contribution in [3.63, 3.8) is 0 Å². The Hall–Kier alpha value is -2.41. The summed E-state index contributed by atoms with van der Waals surface area (Å²) in [5.41, 5.74) is 3.48. The van der Waals surface area contributed by atoms with E-state index in [1.54, 1.807) is 36.4 Å². The van der Waals surface area contributed by atoms with Gasteiger partial charge in [-0.1, -0.05) is 13.8 Å². The van der Waals surface area contributed by atoms with Crippen molar-refractivity contribution in [3.8, 4) is 0 Å². The van der Waals surface area contributed by atoms with E-state index in [9.17, 15) is 9.59 Å². The zero-order valence-electron chi connectivity index (χ0n) is 12.7. The largest absolute Gasteiger partial charge is 0.448 e. The molecule has 23 heavy (non-hydrogen) atoms. The quantitative estimate of drug-likeness (QED) is 0.618. The molecule has 1 aromatic carbocycles. The number of nitrogens with one attached hydrogen (secondary N) is 2. The predicted molar refractivity (Wildman–Crippen MR) is 91.4 cm³/mol. The van der Waals surface area contributed by atoms with E-state index in [1.165, 1.54) is 6.21 Å². The first-order chi connectivity index (χ1) is 11.0. The van der Waals surface area contributed by atoms with Gasteiger partial charge in [-0.15, -0.1) is 0 Å². The molecule has 2 N–H and O–H groups in total. The van der Waals surface area contributed by atoms with Gasteiger partial charge in [0.15, 0.2) is 4.67 Å². The maximum atomic E-state index is 11.9. The second-order valence-electron chi connectivity index (χ2n) is 5.06. The summed E-state index contributed by atoms with van der Waals surface area (Å²) in [5, 5.41) is 6.57. The highest BCUT2D eigenvalue weighted by molar-refractivity contribution is 9.10. The zero-order chi connectivity index (χ0) is 16.8. The Balaban J connectivity index is 1.92. The first-order valence-electron chi connectivity index (χ1n) is 6.95. The van der Waals surface area contributed by atoms with E-state index in [0.717, 1.165) is 0 Å². The van der Waals surface area contributed by atoms with Crippen LogP contribution in [0, 0.1) is 5.92 Å². The van der Waals surface area contributed by atoms with Gasteiger partial charge in [-0.3, -0.25) is 9.59 Å². The fourth-order valence-corrected chi connectivity index (χ4v) is 1.93. The molecule has 0 spiro atoms. The van der Waals surface area contributed by atoms with E-state index in [-0.39, 0.29) is 17.7 Å². The van der Waals surface area contributed by atoms with Crippen molar-refractivity contribution in [2.45, 2.75) is 13.8 Å². The number of benzene rings is 1. The lowest BCUT2D eigenvalue weighted by atomic mass is 10.1. The molecule has 1 heterocycles. The maximum absolute atomic E-state index is 11.9. The molecule has 120 valence electrons. The third kappa shape index (κ3) is 5.07. The highest BCUT2D eigenvalue weighted by Crippen LogP contribution is 2.12. The zero-order valence-corrected chi connectivity index (χ0v) is 14.3. The predicted octanol–water partition coefficient (Wildman–Crippen LogP) is 3.40. The Kier molecular flexibility index (Phi) is 5.70. The third-order valence-corrected chi connectivity index (χ3v) is 3.32. The molecule has 1 aromatic heterocycles. The second-order valence-corrected chi connectivity index (χ2v) is 5.84. The van der Waals surface area contributed by atoms with E-state index in [0.29, 0.717) is 21.7 Å². The maximum Gasteiger partial charge on any atom is 0.271 e. The van der Waals surface area contributed by atoms with Crippen LogP contribution in [-0.4, -0.2) is 18.0 Å². The van der Waals surface area contributed by atoms with Crippen LogP contribution in [0.2, 0.25) is 0 Å². The molecule has 0 saturated heterocycles. The number of hydrogen-bond acceptors (Lipinski definition) is 4. The van der Waals surface area contributed by atoms with Crippen LogP contribution >= 0.6 is 15.9 Å². The summed E-state index contributed by atoms with van der Waals surface area (Å²) < 4.78 is 5.81. The molecule has 2 aromatic rings. The van der Waals surface area contributed by atoms with Crippen LogP contribution in [0.5, 0.6) is 0 Å². The molecule has 0 aliphatic rings. The van der Waals surface area contributed by atoms with Crippen molar-refractivity contribution in [2.75, 3.05) is 5.32 Å². The smallest absolute Gasteiger partial charge is 0.271 e. The third-order valence-electron chi connectivity index (χ3n) is 2.89. The molecule has 0 aliphatic carbocycles. The average molecular weight is 378 g/mol. The Morgan fingerprint density at radius 3 is 2.43 bits per heavy atom. The molecule has 6 nitrogen and oxygen atoms in total. The summed E-state index contributed by atoms with van der Waals surface area (Å²) in [6.07, 6.45) is 1.40. The van der Waals surface area contributed by atoms with E-state index >= 15 is 0 Å². The molecule has 0 aliphatic heterocycles. The monoisotopic (exact) mass is 377 g/mol. The number of hydrazone groups is 1. The van der Waals surface area contributed by atoms with Gasteiger partial charge in [0.2, 0.25) is 5.91 Å². The Labute approximate surface area is 142 Å². The molecule has 7 heteroatoms. The van der Waals surface area contributed by atoms with Gasteiger partial charge < -0.3 is 9.73 Å². The summed E-state index contributed by atoms with van der Waals surface area (Å²) in [6, 6.07) is 10.0. The van der Waals surface area contributed by atoms with Crippen molar-refractivity contribution in [1.82, 2.24) is 5.43 Å². The molecule has 0 radical (unpaired) electrons. The topological polar surface area (TPSA) is 83.7 Å². The van der Waals surface area contributed by atoms with E-state index in [2.05, 4.69) is 31.8 Å². The number of amides is 2.